The maximum Gasteiger partial charge on any atom is 0.234 e. The molecule has 0 radical (unpaired) electrons. The first kappa shape index (κ1) is 11.5. The zero-order valence-electron chi connectivity index (χ0n) is 11.4. The van der Waals surface area contributed by atoms with Gasteiger partial charge in [0.05, 0.1) is 11.6 Å². The Kier molecular flexibility index (Phi) is 2.64. The molecule has 0 aromatic heterocycles. The molecule has 3 aliphatic rings. The fourth-order valence-electron chi connectivity index (χ4n) is 4.38. The van der Waals surface area contributed by atoms with Crippen LogP contribution in [0, 0.1) is 5.92 Å². The average Bonchev–Trinajstić information content (AvgIpc) is 2.76. The summed E-state index contributed by atoms with van der Waals surface area (Å²) in [5.41, 5.74) is 4.03. The molecule has 1 aromatic rings. The van der Waals surface area contributed by atoms with E-state index in [4.69, 9.17) is 0 Å². The third-order valence-corrected chi connectivity index (χ3v) is 5.24. The first-order valence-electron chi connectivity index (χ1n) is 7.79. The summed E-state index contributed by atoms with van der Waals surface area (Å²) in [6.07, 6.45) is 8.73. The van der Waals surface area contributed by atoms with Crippen molar-refractivity contribution in [2.75, 3.05) is 11.4 Å². The first-order valence-corrected chi connectivity index (χ1v) is 7.79. The van der Waals surface area contributed by atoms with Gasteiger partial charge in [0.1, 0.15) is 0 Å². The van der Waals surface area contributed by atoms with Gasteiger partial charge in [-0.25, -0.2) is 0 Å². The van der Waals surface area contributed by atoms with E-state index in [1.165, 1.54) is 48.9 Å². The minimum atomic E-state index is 0.174. The molecule has 4 rings (SSSR count). The third kappa shape index (κ3) is 1.65. The van der Waals surface area contributed by atoms with E-state index in [0.29, 0.717) is 11.8 Å². The number of hydrogen-bond acceptors (Lipinski definition) is 1. The van der Waals surface area contributed by atoms with Crippen LogP contribution in [-0.4, -0.2) is 12.5 Å². The molecule has 2 aliphatic heterocycles. The van der Waals surface area contributed by atoms with E-state index in [1.54, 1.807) is 0 Å². The monoisotopic (exact) mass is 255 g/mol. The molecule has 100 valence electrons. The van der Waals surface area contributed by atoms with Gasteiger partial charge in [0.2, 0.25) is 5.91 Å². The lowest BCUT2D eigenvalue weighted by atomic mass is 9.77. The number of rotatable bonds is 1. The summed E-state index contributed by atoms with van der Waals surface area (Å²) in [4.78, 5) is 14.9. The summed E-state index contributed by atoms with van der Waals surface area (Å²) in [7, 11) is 0. The quantitative estimate of drug-likeness (QED) is 0.750. The van der Waals surface area contributed by atoms with Gasteiger partial charge >= 0.3 is 0 Å². The predicted octanol–water partition coefficient (Wildman–Crippen LogP) is 3.64. The molecule has 1 atom stereocenters. The zero-order valence-corrected chi connectivity index (χ0v) is 11.4. The van der Waals surface area contributed by atoms with E-state index in [9.17, 15) is 4.79 Å². The Morgan fingerprint density at radius 1 is 1.05 bits per heavy atom. The molecule has 1 amide bonds. The SMILES string of the molecule is O=C1C(C2CCCCC2)c2cccc3c2N1CCC3. The van der Waals surface area contributed by atoms with Gasteiger partial charge in [-0.2, -0.15) is 0 Å². The van der Waals surface area contributed by atoms with Crippen molar-refractivity contribution in [3.8, 4) is 0 Å². The van der Waals surface area contributed by atoms with Crippen molar-refractivity contribution in [1.82, 2.24) is 0 Å². The number of aryl methyl sites for hydroxylation is 1. The molecule has 0 N–H and O–H groups in total. The van der Waals surface area contributed by atoms with Crippen LogP contribution in [0.25, 0.3) is 0 Å². The lowest BCUT2D eigenvalue weighted by Crippen LogP contribution is -2.34. The average molecular weight is 255 g/mol. The van der Waals surface area contributed by atoms with E-state index < -0.39 is 0 Å². The van der Waals surface area contributed by atoms with Crippen LogP contribution in [0.3, 0.4) is 0 Å². The van der Waals surface area contributed by atoms with Crippen molar-refractivity contribution in [3.63, 3.8) is 0 Å². The van der Waals surface area contributed by atoms with Crippen molar-refractivity contribution in [3.05, 3.63) is 29.3 Å². The Morgan fingerprint density at radius 2 is 1.89 bits per heavy atom. The highest BCUT2D eigenvalue weighted by molar-refractivity contribution is 6.06. The molecule has 1 aliphatic carbocycles. The Bertz CT molecular complexity index is 516. The van der Waals surface area contributed by atoms with Gasteiger partial charge < -0.3 is 4.90 Å². The Balaban J connectivity index is 1.78. The number of amides is 1. The van der Waals surface area contributed by atoms with Crippen molar-refractivity contribution < 1.29 is 4.79 Å². The van der Waals surface area contributed by atoms with E-state index in [1.807, 2.05) is 0 Å². The molecule has 2 heterocycles. The highest BCUT2D eigenvalue weighted by Crippen LogP contribution is 2.48. The molecule has 0 saturated heterocycles. The maximum absolute atomic E-state index is 12.8. The summed E-state index contributed by atoms with van der Waals surface area (Å²) in [5, 5.41) is 0. The molecular formula is C17H21NO. The summed E-state index contributed by atoms with van der Waals surface area (Å²) >= 11 is 0. The number of para-hydroxylation sites is 1. The molecule has 19 heavy (non-hydrogen) atoms. The number of benzene rings is 1. The maximum atomic E-state index is 12.8. The summed E-state index contributed by atoms with van der Waals surface area (Å²) in [6, 6.07) is 6.58. The van der Waals surface area contributed by atoms with Crippen LogP contribution in [0.5, 0.6) is 0 Å². The number of nitrogens with zero attached hydrogens (tertiary/aromatic N) is 1. The smallest absolute Gasteiger partial charge is 0.234 e. The fraction of sp³-hybridized carbons (Fsp3) is 0.588. The van der Waals surface area contributed by atoms with E-state index in [-0.39, 0.29) is 5.92 Å². The standard InChI is InChI=1S/C17H21NO/c19-17-15(12-6-2-1-3-7-12)14-10-4-8-13-9-5-11-18(17)16(13)14/h4,8,10,12,15H,1-3,5-7,9,11H2. The predicted molar refractivity (Wildman–Crippen MR) is 76.4 cm³/mol. The third-order valence-electron chi connectivity index (χ3n) is 5.24. The number of hydrogen-bond donors (Lipinski definition) is 0. The summed E-state index contributed by atoms with van der Waals surface area (Å²) in [5.74, 6) is 1.17. The van der Waals surface area contributed by atoms with Gasteiger partial charge in [-0.1, -0.05) is 37.5 Å². The van der Waals surface area contributed by atoms with Gasteiger partial charge in [0.15, 0.2) is 0 Å². The van der Waals surface area contributed by atoms with Crippen molar-refractivity contribution in [1.29, 1.82) is 0 Å². The Morgan fingerprint density at radius 3 is 2.74 bits per heavy atom. The molecule has 1 unspecified atom stereocenters. The van der Waals surface area contributed by atoms with Crippen LogP contribution < -0.4 is 4.90 Å². The topological polar surface area (TPSA) is 20.3 Å². The zero-order chi connectivity index (χ0) is 12.8. The van der Waals surface area contributed by atoms with Gasteiger partial charge in [-0.15, -0.1) is 0 Å². The molecule has 1 saturated carbocycles. The van der Waals surface area contributed by atoms with Crippen LogP contribution in [0.15, 0.2) is 18.2 Å². The molecular weight excluding hydrogens is 234 g/mol. The van der Waals surface area contributed by atoms with Gasteiger partial charge in [-0.3, -0.25) is 4.79 Å². The van der Waals surface area contributed by atoms with E-state index in [0.717, 1.165) is 19.4 Å². The van der Waals surface area contributed by atoms with Crippen molar-refractivity contribution >= 4 is 11.6 Å². The van der Waals surface area contributed by atoms with Crippen LogP contribution in [-0.2, 0) is 11.2 Å². The molecule has 0 bridgehead atoms. The van der Waals surface area contributed by atoms with E-state index >= 15 is 0 Å². The van der Waals surface area contributed by atoms with Gasteiger partial charge in [0, 0.05) is 6.54 Å². The second-order valence-corrected chi connectivity index (χ2v) is 6.32. The largest absolute Gasteiger partial charge is 0.311 e. The lowest BCUT2D eigenvalue weighted by Gasteiger charge is -2.27. The number of carbonyl (C=O) groups is 1. The lowest BCUT2D eigenvalue weighted by molar-refractivity contribution is -0.120. The van der Waals surface area contributed by atoms with Crippen LogP contribution >= 0.6 is 0 Å². The minimum absolute atomic E-state index is 0.174. The molecule has 2 heteroatoms. The number of anilines is 1. The second kappa shape index (κ2) is 4.36. The van der Waals surface area contributed by atoms with Crippen LogP contribution in [0.1, 0.15) is 55.6 Å². The van der Waals surface area contributed by atoms with Crippen LogP contribution in [0.2, 0.25) is 0 Å². The number of carbonyl (C=O) groups excluding carboxylic acids is 1. The highest BCUT2D eigenvalue weighted by Gasteiger charge is 2.43. The molecule has 1 aromatic carbocycles. The van der Waals surface area contributed by atoms with Gasteiger partial charge in [0.25, 0.3) is 0 Å². The van der Waals surface area contributed by atoms with Crippen LogP contribution in [0.4, 0.5) is 5.69 Å². The highest BCUT2D eigenvalue weighted by atomic mass is 16.2. The Labute approximate surface area is 114 Å². The van der Waals surface area contributed by atoms with Crippen molar-refractivity contribution in [2.45, 2.75) is 50.9 Å². The molecule has 1 fully saturated rings. The van der Waals surface area contributed by atoms with Gasteiger partial charge in [-0.05, 0) is 42.7 Å². The fourth-order valence-corrected chi connectivity index (χ4v) is 4.38. The Hall–Kier alpha value is -1.31. The normalized spacial score (nSPS) is 26.6. The summed E-state index contributed by atoms with van der Waals surface area (Å²) in [6.45, 7) is 0.937. The molecule has 0 spiro atoms. The first-order chi connectivity index (χ1) is 9.36. The molecule has 2 nitrogen and oxygen atoms in total. The minimum Gasteiger partial charge on any atom is -0.311 e. The van der Waals surface area contributed by atoms with Crippen molar-refractivity contribution in [2.24, 2.45) is 5.92 Å². The van der Waals surface area contributed by atoms with E-state index in [2.05, 4.69) is 23.1 Å². The second-order valence-electron chi connectivity index (χ2n) is 6.32. The summed E-state index contributed by atoms with van der Waals surface area (Å²) < 4.78 is 0.